The number of piperazine rings is 1. The quantitative estimate of drug-likeness (QED) is 0.791. The number of benzene rings is 1. The smallest absolute Gasteiger partial charge is 0.0655 e. The molecule has 1 atom stereocenters. The Morgan fingerprint density at radius 3 is 2.29 bits per heavy atom. The van der Waals surface area contributed by atoms with Crippen molar-refractivity contribution >= 4 is 34.8 Å². The first-order valence-corrected chi connectivity index (χ1v) is 8.90. The van der Waals surface area contributed by atoms with E-state index in [1.165, 1.54) is 25.7 Å². The van der Waals surface area contributed by atoms with Crippen molar-refractivity contribution in [1.29, 1.82) is 0 Å². The van der Waals surface area contributed by atoms with E-state index in [2.05, 4.69) is 10.2 Å². The Kier molecular flexibility index (Phi) is 5.34. The van der Waals surface area contributed by atoms with E-state index < -0.39 is 0 Å². The number of hydrogen-bond acceptors (Lipinski definition) is 2. The van der Waals surface area contributed by atoms with Gasteiger partial charge in [0.15, 0.2) is 0 Å². The summed E-state index contributed by atoms with van der Waals surface area (Å²) in [6.45, 7) is 4.14. The Hall–Kier alpha value is 0.01000. The predicted molar refractivity (Wildman–Crippen MR) is 90.6 cm³/mol. The van der Waals surface area contributed by atoms with Crippen LogP contribution in [0.25, 0.3) is 0 Å². The third-order valence-corrected chi connectivity index (χ3v) is 5.92. The van der Waals surface area contributed by atoms with Gasteiger partial charge in [-0.15, -0.1) is 0 Å². The van der Waals surface area contributed by atoms with Gasteiger partial charge >= 0.3 is 0 Å². The fourth-order valence-corrected chi connectivity index (χ4v) is 4.52. The molecule has 1 aliphatic carbocycles. The summed E-state index contributed by atoms with van der Waals surface area (Å²) in [6, 6.07) is 3.97. The van der Waals surface area contributed by atoms with Crippen molar-refractivity contribution in [1.82, 2.24) is 10.2 Å². The SMILES string of the molecule is Clc1ccc(Cl)c([C@H](C2CCCC2)N2CCNCC2)c1Cl. The molecule has 1 saturated carbocycles. The molecule has 2 fully saturated rings. The zero-order chi connectivity index (χ0) is 14.8. The molecule has 0 bridgehead atoms. The number of halogens is 3. The molecule has 116 valence electrons. The van der Waals surface area contributed by atoms with Gasteiger partial charge in [-0.25, -0.2) is 0 Å². The first kappa shape index (κ1) is 15.9. The van der Waals surface area contributed by atoms with Crippen molar-refractivity contribution in [3.63, 3.8) is 0 Å². The monoisotopic (exact) mass is 346 g/mol. The molecule has 0 radical (unpaired) electrons. The van der Waals surface area contributed by atoms with Gasteiger partial charge in [0.1, 0.15) is 0 Å². The van der Waals surface area contributed by atoms with Gasteiger partial charge in [-0.1, -0.05) is 47.6 Å². The van der Waals surface area contributed by atoms with E-state index in [0.717, 1.165) is 36.8 Å². The van der Waals surface area contributed by atoms with Gasteiger partial charge in [-0.2, -0.15) is 0 Å². The molecule has 0 unspecified atom stereocenters. The first-order chi connectivity index (χ1) is 10.2. The van der Waals surface area contributed by atoms with E-state index in [1.807, 2.05) is 6.07 Å². The van der Waals surface area contributed by atoms with Crippen molar-refractivity contribution in [2.45, 2.75) is 31.7 Å². The van der Waals surface area contributed by atoms with Gasteiger partial charge in [-0.3, -0.25) is 4.90 Å². The summed E-state index contributed by atoms with van der Waals surface area (Å²) in [7, 11) is 0. The zero-order valence-electron chi connectivity index (χ0n) is 12.0. The number of rotatable bonds is 3. The largest absolute Gasteiger partial charge is 0.314 e. The topological polar surface area (TPSA) is 15.3 Å². The zero-order valence-corrected chi connectivity index (χ0v) is 14.3. The van der Waals surface area contributed by atoms with Crippen LogP contribution in [0.5, 0.6) is 0 Å². The summed E-state index contributed by atoms with van der Waals surface area (Å²) < 4.78 is 0. The molecule has 2 aliphatic rings. The van der Waals surface area contributed by atoms with Crippen LogP contribution >= 0.6 is 34.8 Å². The summed E-state index contributed by atoms with van der Waals surface area (Å²) in [5.74, 6) is 0.636. The average Bonchev–Trinajstić information content (AvgIpc) is 3.02. The van der Waals surface area contributed by atoms with Crippen LogP contribution in [0.15, 0.2) is 12.1 Å². The second kappa shape index (κ2) is 7.06. The van der Waals surface area contributed by atoms with Crippen molar-refractivity contribution < 1.29 is 0 Å². The molecule has 5 heteroatoms. The molecular formula is C16H21Cl3N2. The summed E-state index contributed by atoms with van der Waals surface area (Å²) in [4.78, 5) is 2.54. The Labute approximate surface area is 141 Å². The lowest BCUT2D eigenvalue weighted by atomic mass is 9.89. The fourth-order valence-electron chi connectivity index (χ4n) is 3.76. The minimum Gasteiger partial charge on any atom is -0.314 e. The second-order valence-electron chi connectivity index (χ2n) is 6.03. The second-order valence-corrected chi connectivity index (χ2v) is 7.22. The summed E-state index contributed by atoms with van der Waals surface area (Å²) >= 11 is 19.3. The lowest BCUT2D eigenvalue weighted by Crippen LogP contribution is -2.46. The maximum Gasteiger partial charge on any atom is 0.0655 e. The van der Waals surface area contributed by atoms with E-state index in [-0.39, 0.29) is 0 Å². The maximum absolute atomic E-state index is 6.53. The Morgan fingerprint density at radius 1 is 1.00 bits per heavy atom. The summed E-state index contributed by atoms with van der Waals surface area (Å²) in [5, 5.41) is 5.41. The number of nitrogens with zero attached hydrogens (tertiary/aromatic N) is 1. The van der Waals surface area contributed by atoms with Crippen LogP contribution in [0, 0.1) is 5.92 Å². The third kappa shape index (κ3) is 3.35. The van der Waals surface area contributed by atoms with E-state index in [4.69, 9.17) is 34.8 Å². The Balaban J connectivity index is 1.99. The van der Waals surface area contributed by atoms with Crippen molar-refractivity contribution in [3.8, 4) is 0 Å². The highest BCUT2D eigenvalue weighted by Crippen LogP contribution is 2.46. The van der Waals surface area contributed by atoms with E-state index in [0.29, 0.717) is 22.0 Å². The van der Waals surface area contributed by atoms with Gasteiger partial charge < -0.3 is 5.32 Å². The maximum atomic E-state index is 6.53. The van der Waals surface area contributed by atoms with Gasteiger partial charge in [0.2, 0.25) is 0 Å². The van der Waals surface area contributed by atoms with E-state index in [9.17, 15) is 0 Å². The molecule has 1 heterocycles. The van der Waals surface area contributed by atoms with Gasteiger partial charge in [0.25, 0.3) is 0 Å². The van der Waals surface area contributed by atoms with Crippen LogP contribution in [0.4, 0.5) is 0 Å². The van der Waals surface area contributed by atoms with Crippen LogP contribution in [0.3, 0.4) is 0 Å². The van der Waals surface area contributed by atoms with Crippen molar-refractivity contribution in [2.75, 3.05) is 26.2 Å². The van der Waals surface area contributed by atoms with Crippen molar-refractivity contribution in [3.05, 3.63) is 32.8 Å². The molecule has 0 spiro atoms. The highest BCUT2D eigenvalue weighted by molar-refractivity contribution is 6.44. The summed E-state index contributed by atoms with van der Waals surface area (Å²) in [5.41, 5.74) is 1.04. The molecule has 1 N–H and O–H groups in total. The minimum absolute atomic E-state index is 0.299. The molecule has 21 heavy (non-hydrogen) atoms. The lowest BCUT2D eigenvalue weighted by Gasteiger charge is -2.39. The van der Waals surface area contributed by atoms with Crippen LogP contribution in [0.2, 0.25) is 15.1 Å². The number of nitrogens with one attached hydrogen (secondary N) is 1. The Bertz CT molecular complexity index is 495. The van der Waals surface area contributed by atoms with Gasteiger partial charge in [-0.05, 0) is 30.9 Å². The number of hydrogen-bond donors (Lipinski definition) is 1. The van der Waals surface area contributed by atoms with Crippen LogP contribution in [-0.2, 0) is 0 Å². The third-order valence-electron chi connectivity index (χ3n) is 4.77. The molecule has 0 amide bonds. The molecule has 1 aromatic rings. The highest BCUT2D eigenvalue weighted by Gasteiger charge is 2.34. The fraction of sp³-hybridized carbons (Fsp3) is 0.625. The van der Waals surface area contributed by atoms with Crippen LogP contribution in [-0.4, -0.2) is 31.1 Å². The van der Waals surface area contributed by atoms with Crippen molar-refractivity contribution in [2.24, 2.45) is 5.92 Å². The first-order valence-electron chi connectivity index (χ1n) is 7.76. The molecule has 1 aliphatic heterocycles. The molecular weight excluding hydrogens is 327 g/mol. The van der Waals surface area contributed by atoms with Crippen LogP contribution < -0.4 is 5.32 Å². The highest BCUT2D eigenvalue weighted by atomic mass is 35.5. The Morgan fingerprint density at radius 2 is 1.62 bits per heavy atom. The van der Waals surface area contributed by atoms with Gasteiger partial charge in [0.05, 0.1) is 10.0 Å². The predicted octanol–water partition coefficient (Wildman–Crippen LogP) is 4.78. The molecule has 2 nitrogen and oxygen atoms in total. The molecule has 1 saturated heterocycles. The standard InChI is InChI=1S/C16H21Cl3N2/c17-12-5-6-13(18)15(19)14(12)16(11-3-1-2-4-11)21-9-7-20-8-10-21/h5-6,11,16,20H,1-4,7-10H2/t16-/m0/s1. The normalized spacial score (nSPS) is 22.6. The molecule has 0 aromatic heterocycles. The molecule has 3 rings (SSSR count). The van der Waals surface area contributed by atoms with E-state index in [1.54, 1.807) is 6.07 Å². The van der Waals surface area contributed by atoms with Crippen LogP contribution in [0.1, 0.15) is 37.3 Å². The lowest BCUT2D eigenvalue weighted by molar-refractivity contribution is 0.125. The summed E-state index contributed by atoms with van der Waals surface area (Å²) in [6.07, 6.45) is 5.13. The average molecular weight is 348 g/mol. The molecule has 1 aromatic carbocycles. The van der Waals surface area contributed by atoms with Gasteiger partial charge in [0, 0.05) is 42.8 Å². The minimum atomic E-state index is 0.299. The van der Waals surface area contributed by atoms with E-state index >= 15 is 0 Å².